The van der Waals surface area contributed by atoms with Gasteiger partial charge in [0.25, 0.3) is 5.91 Å². The fourth-order valence-corrected chi connectivity index (χ4v) is 2.12. The van der Waals surface area contributed by atoms with Crippen molar-refractivity contribution in [2.45, 2.75) is 32.2 Å². The molecule has 0 N–H and O–H groups in total. The quantitative estimate of drug-likeness (QED) is 0.752. The van der Waals surface area contributed by atoms with E-state index in [0.29, 0.717) is 0 Å². The van der Waals surface area contributed by atoms with Gasteiger partial charge in [0.05, 0.1) is 6.54 Å². The van der Waals surface area contributed by atoms with Gasteiger partial charge in [-0.1, -0.05) is 6.07 Å². The largest absolute Gasteiger partial charge is 0.573 e. The molecule has 0 bridgehead atoms. The van der Waals surface area contributed by atoms with Crippen molar-refractivity contribution < 1.29 is 32.2 Å². The Labute approximate surface area is 131 Å². The minimum Gasteiger partial charge on any atom is -0.464 e. The highest BCUT2D eigenvalue weighted by atomic mass is 19.4. The van der Waals surface area contributed by atoms with Gasteiger partial charge in [0, 0.05) is 18.5 Å². The second kappa shape index (κ2) is 6.89. The fourth-order valence-electron chi connectivity index (χ4n) is 2.12. The van der Waals surface area contributed by atoms with E-state index in [4.69, 9.17) is 4.74 Å². The Bertz CT molecular complexity index is 584. The molecule has 0 aliphatic heterocycles. The molecule has 1 aliphatic carbocycles. The first-order valence-electron chi connectivity index (χ1n) is 7.06. The van der Waals surface area contributed by atoms with Gasteiger partial charge in [0.1, 0.15) is 12.4 Å². The number of alkyl halides is 3. The van der Waals surface area contributed by atoms with Crippen LogP contribution >= 0.6 is 0 Å². The Kier molecular flexibility index (Phi) is 5.12. The fraction of sp³-hybridized carbons (Fsp3) is 0.467. The Morgan fingerprint density at radius 3 is 2.57 bits per heavy atom. The molecule has 0 heterocycles. The number of carbonyl (C=O) groups excluding carboxylic acids is 2. The summed E-state index contributed by atoms with van der Waals surface area (Å²) in [6.07, 6.45) is -3.16. The smallest absolute Gasteiger partial charge is 0.464 e. The number of hydrogen-bond acceptors (Lipinski definition) is 4. The number of carbonyl (C=O) groups is 2. The molecule has 5 nitrogen and oxygen atoms in total. The van der Waals surface area contributed by atoms with E-state index >= 15 is 0 Å². The summed E-state index contributed by atoms with van der Waals surface area (Å²) >= 11 is 0. The number of ether oxygens (including phenoxy) is 2. The van der Waals surface area contributed by atoms with Crippen molar-refractivity contribution in [1.82, 2.24) is 4.90 Å². The first-order valence-corrected chi connectivity index (χ1v) is 7.06. The van der Waals surface area contributed by atoms with Gasteiger partial charge >= 0.3 is 12.3 Å². The molecule has 0 saturated heterocycles. The number of rotatable bonds is 6. The van der Waals surface area contributed by atoms with Crippen LogP contribution in [0.1, 0.15) is 30.1 Å². The third kappa shape index (κ3) is 5.46. The molecule has 0 radical (unpaired) electrons. The monoisotopic (exact) mass is 331 g/mol. The van der Waals surface area contributed by atoms with Crippen molar-refractivity contribution in [3.05, 3.63) is 29.8 Å². The molecule has 1 aliphatic rings. The first kappa shape index (κ1) is 17.1. The Morgan fingerprint density at radius 1 is 1.30 bits per heavy atom. The normalized spacial score (nSPS) is 14.3. The lowest BCUT2D eigenvalue weighted by molar-refractivity contribution is -0.274. The SMILES string of the molecule is CC(=O)OCCN(C(=O)c1cccc(OC(F)(F)F)c1)C1CC1. The van der Waals surface area contributed by atoms with E-state index in [9.17, 15) is 22.8 Å². The van der Waals surface area contributed by atoms with Gasteiger partial charge in [-0.15, -0.1) is 13.2 Å². The standard InChI is InChI=1S/C15H16F3NO4/c1-10(20)22-8-7-19(12-5-6-12)14(21)11-3-2-4-13(9-11)23-15(16,17)18/h2-4,9,12H,5-8H2,1H3. The lowest BCUT2D eigenvalue weighted by Gasteiger charge is -2.22. The number of benzene rings is 1. The van der Waals surface area contributed by atoms with Crippen LogP contribution in [0.4, 0.5) is 13.2 Å². The summed E-state index contributed by atoms with van der Waals surface area (Å²) in [5.74, 6) is -1.31. The maximum atomic E-state index is 12.5. The van der Waals surface area contributed by atoms with Crippen molar-refractivity contribution in [3.8, 4) is 5.75 Å². The number of amides is 1. The van der Waals surface area contributed by atoms with Crippen molar-refractivity contribution >= 4 is 11.9 Å². The van der Waals surface area contributed by atoms with Crippen LogP contribution < -0.4 is 4.74 Å². The molecule has 1 fully saturated rings. The highest BCUT2D eigenvalue weighted by Crippen LogP contribution is 2.29. The molecule has 0 aromatic heterocycles. The molecule has 0 atom stereocenters. The third-order valence-electron chi connectivity index (χ3n) is 3.20. The summed E-state index contributed by atoms with van der Waals surface area (Å²) in [4.78, 5) is 24.8. The average Bonchev–Trinajstić information content (AvgIpc) is 3.25. The first-order chi connectivity index (χ1) is 10.8. The van der Waals surface area contributed by atoms with Gasteiger partial charge in [-0.25, -0.2) is 0 Å². The molecule has 126 valence electrons. The van der Waals surface area contributed by atoms with Crippen LogP contribution in [-0.4, -0.2) is 42.3 Å². The molecule has 1 aromatic carbocycles. The van der Waals surface area contributed by atoms with Crippen LogP contribution in [0.15, 0.2) is 24.3 Å². The zero-order valence-corrected chi connectivity index (χ0v) is 12.4. The van der Waals surface area contributed by atoms with Gasteiger partial charge in [-0.05, 0) is 31.0 Å². The van der Waals surface area contributed by atoms with E-state index in [1.807, 2.05) is 0 Å². The minimum absolute atomic E-state index is 0.0326. The molecule has 0 spiro atoms. The summed E-state index contributed by atoms with van der Waals surface area (Å²) in [7, 11) is 0. The Morgan fingerprint density at radius 2 is 2.00 bits per heavy atom. The average molecular weight is 331 g/mol. The maximum absolute atomic E-state index is 12.5. The third-order valence-corrected chi connectivity index (χ3v) is 3.20. The summed E-state index contributed by atoms with van der Waals surface area (Å²) in [6, 6.07) is 4.96. The van der Waals surface area contributed by atoms with Gasteiger partial charge < -0.3 is 14.4 Å². The summed E-state index contributed by atoms with van der Waals surface area (Å²) in [5.41, 5.74) is 0.0986. The molecule has 0 unspecified atom stereocenters. The number of hydrogen-bond donors (Lipinski definition) is 0. The molecule has 1 aromatic rings. The molecule has 2 rings (SSSR count). The van der Waals surface area contributed by atoms with Crippen molar-refractivity contribution in [2.75, 3.05) is 13.2 Å². The molecule has 8 heteroatoms. The number of esters is 1. The lowest BCUT2D eigenvalue weighted by Crippen LogP contribution is -2.36. The van der Waals surface area contributed by atoms with E-state index in [2.05, 4.69) is 4.74 Å². The van der Waals surface area contributed by atoms with Crippen molar-refractivity contribution in [3.63, 3.8) is 0 Å². The second-order valence-corrected chi connectivity index (χ2v) is 5.15. The van der Waals surface area contributed by atoms with Crippen LogP contribution in [-0.2, 0) is 9.53 Å². The predicted octanol–water partition coefficient (Wildman–Crippen LogP) is 2.75. The van der Waals surface area contributed by atoms with Crippen LogP contribution in [0, 0.1) is 0 Å². The van der Waals surface area contributed by atoms with E-state index in [1.54, 1.807) is 0 Å². The molecule has 1 amide bonds. The molecular formula is C15H16F3NO4. The van der Waals surface area contributed by atoms with E-state index in [0.717, 1.165) is 25.0 Å². The van der Waals surface area contributed by atoms with E-state index in [-0.39, 0.29) is 24.8 Å². The molecule has 23 heavy (non-hydrogen) atoms. The van der Waals surface area contributed by atoms with Crippen molar-refractivity contribution in [1.29, 1.82) is 0 Å². The lowest BCUT2D eigenvalue weighted by atomic mass is 10.2. The van der Waals surface area contributed by atoms with E-state index < -0.39 is 24.0 Å². The van der Waals surface area contributed by atoms with Crippen LogP contribution in [0.3, 0.4) is 0 Å². The number of halogens is 3. The molecular weight excluding hydrogens is 315 g/mol. The maximum Gasteiger partial charge on any atom is 0.573 e. The summed E-state index contributed by atoms with van der Waals surface area (Å²) < 4.78 is 45.4. The summed E-state index contributed by atoms with van der Waals surface area (Å²) in [5, 5.41) is 0. The predicted molar refractivity (Wildman–Crippen MR) is 73.8 cm³/mol. The van der Waals surface area contributed by atoms with Crippen molar-refractivity contribution in [2.24, 2.45) is 0 Å². The van der Waals surface area contributed by atoms with Gasteiger partial charge in [-0.3, -0.25) is 9.59 Å². The zero-order chi connectivity index (χ0) is 17.0. The topological polar surface area (TPSA) is 55.8 Å². The Hall–Kier alpha value is -2.25. The van der Waals surface area contributed by atoms with Gasteiger partial charge in [0.15, 0.2) is 0 Å². The van der Waals surface area contributed by atoms with Crippen LogP contribution in [0.5, 0.6) is 5.75 Å². The number of nitrogens with zero attached hydrogens (tertiary/aromatic N) is 1. The highest BCUT2D eigenvalue weighted by molar-refractivity contribution is 5.95. The van der Waals surface area contributed by atoms with E-state index in [1.165, 1.54) is 24.0 Å². The van der Waals surface area contributed by atoms with Gasteiger partial charge in [0.2, 0.25) is 0 Å². The Balaban J connectivity index is 2.07. The second-order valence-electron chi connectivity index (χ2n) is 5.15. The zero-order valence-electron chi connectivity index (χ0n) is 12.4. The van der Waals surface area contributed by atoms with Crippen LogP contribution in [0.25, 0.3) is 0 Å². The van der Waals surface area contributed by atoms with Gasteiger partial charge in [-0.2, -0.15) is 0 Å². The highest BCUT2D eigenvalue weighted by Gasteiger charge is 2.34. The van der Waals surface area contributed by atoms with Crippen LogP contribution in [0.2, 0.25) is 0 Å². The minimum atomic E-state index is -4.81. The summed E-state index contributed by atoms with van der Waals surface area (Å²) in [6.45, 7) is 1.52. The molecule has 1 saturated carbocycles.